The van der Waals surface area contributed by atoms with E-state index in [0.717, 1.165) is 5.56 Å². The van der Waals surface area contributed by atoms with Gasteiger partial charge in [-0.15, -0.1) is 0 Å². The lowest BCUT2D eigenvalue weighted by Gasteiger charge is -1.91. The first-order valence-corrected chi connectivity index (χ1v) is 3.35. The van der Waals surface area contributed by atoms with E-state index < -0.39 is 0 Å². The molecule has 3 heteroatoms. The van der Waals surface area contributed by atoms with E-state index in [0.29, 0.717) is 4.47 Å². The number of rotatable bonds is 0. The van der Waals surface area contributed by atoms with Crippen LogP contribution < -0.4 is 5.56 Å². The second-order valence-electron chi connectivity index (χ2n) is 1.80. The molecule has 0 fully saturated rings. The molecule has 0 spiro atoms. The molecule has 1 heterocycles. The summed E-state index contributed by atoms with van der Waals surface area (Å²) >= 11 is 3.14. The minimum atomic E-state index is -0.0741. The smallest absolute Gasteiger partial charge is 0.262 e. The van der Waals surface area contributed by atoms with Crippen molar-refractivity contribution in [3.05, 3.63) is 32.7 Å². The summed E-state index contributed by atoms with van der Waals surface area (Å²) in [5.74, 6) is 0. The van der Waals surface area contributed by atoms with Gasteiger partial charge in [0.15, 0.2) is 0 Å². The fraction of sp³-hybridized carbons (Fsp3) is 0.167. The van der Waals surface area contributed by atoms with E-state index in [1.54, 1.807) is 6.20 Å². The molecule has 0 aromatic carbocycles. The van der Waals surface area contributed by atoms with E-state index in [4.69, 9.17) is 0 Å². The Kier molecular flexibility index (Phi) is 1.71. The fourth-order valence-corrected chi connectivity index (χ4v) is 0.805. The van der Waals surface area contributed by atoms with Crippen molar-refractivity contribution < 1.29 is 0 Å². The highest BCUT2D eigenvalue weighted by Gasteiger charge is 1.94. The molecule has 1 aromatic heterocycles. The van der Waals surface area contributed by atoms with Crippen LogP contribution in [0.5, 0.6) is 0 Å². The van der Waals surface area contributed by atoms with Crippen LogP contribution in [0.2, 0.25) is 0 Å². The number of aromatic amines is 1. The van der Waals surface area contributed by atoms with Crippen molar-refractivity contribution in [3.63, 3.8) is 0 Å². The van der Waals surface area contributed by atoms with Crippen molar-refractivity contribution in [1.29, 1.82) is 0 Å². The SMILES string of the molecule is Cc1cc[nH]c(=O)c1Br. The van der Waals surface area contributed by atoms with Gasteiger partial charge in [0.1, 0.15) is 0 Å². The van der Waals surface area contributed by atoms with Gasteiger partial charge in [0, 0.05) is 6.20 Å². The third-order valence-corrected chi connectivity index (χ3v) is 2.08. The van der Waals surface area contributed by atoms with E-state index in [2.05, 4.69) is 20.9 Å². The van der Waals surface area contributed by atoms with Crippen LogP contribution in [0.15, 0.2) is 21.5 Å². The van der Waals surface area contributed by atoms with Gasteiger partial charge < -0.3 is 4.98 Å². The van der Waals surface area contributed by atoms with Crippen molar-refractivity contribution in [3.8, 4) is 0 Å². The quantitative estimate of drug-likeness (QED) is 0.656. The Morgan fingerprint density at radius 1 is 1.67 bits per heavy atom. The van der Waals surface area contributed by atoms with Crippen molar-refractivity contribution in [1.82, 2.24) is 4.98 Å². The largest absolute Gasteiger partial charge is 0.328 e. The summed E-state index contributed by atoms with van der Waals surface area (Å²) in [6.45, 7) is 1.87. The molecule has 1 N–H and O–H groups in total. The van der Waals surface area contributed by atoms with Crippen molar-refractivity contribution >= 4 is 15.9 Å². The molecule has 1 aromatic rings. The highest BCUT2D eigenvalue weighted by atomic mass is 79.9. The molecule has 0 aliphatic heterocycles. The first kappa shape index (κ1) is 6.55. The van der Waals surface area contributed by atoms with Gasteiger partial charge in [0.05, 0.1) is 4.47 Å². The Hall–Kier alpha value is -0.570. The van der Waals surface area contributed by atoms with Gasteiger partial charge in [-0.3, -0.25) is 4.79 Å². The number of hydrogen-bond donors (Lipinski definition) is 1. The third-order valence-electron chi connectivity index (χ3n) is 1.09. The molecule has 2 nitrogen and oxygen atoms in total. The Morgan fingerprint density at radius 2 is 2.33 bits per heavy atom. The van der Waals surface area contributed by atoms with Crippen LogP contribution in [0.1, 0.15) is 5.56 Å². The predicted molar refractivity (Wildman–Crippen MR) is 39.5 cm³/mol. The van der Waals surface area contributed by atoms with E-state index >= 15 is 0 Å². The Bertz CT molecular complexity index is 266. The fourth-order valence-electron chi connectivity index (χ4n) is 0.558. The molecule has 0 aliphatic rings. The lowest BCUT2D eigenvalue weighted by molar-refractivity contribution is 1.18. The van der Waals surface area contributed by atoms with Gasteiger partial charge in [-0.1, -0.05) is 0 Å². The van der Waals surface area contributed by atoms with Crippen LogP contribution in [0.25, 0.3) is 0 Å². The Labute approximate surface area is 61.0 Å². The van der Waals surface area contributed by atoms with Crippen LogP contribution >= 0.6 is 15.9 Å². The normalized spacial score (nSPS) is 9.56. The van der Waals surface area contributed by atoms with Gasteiger partial charge in [0.25, 0.3) is 5.56 Å². The Morgan fingerprint density at radius 3 is 2.78 bits per heavy atom. The Balaban J connectivity index is 3.43. The summed E-state index contributed by atoms with van der Waals surface area (Å²) < 4.78 is 0.616. The minimum absolute atomic E-state index is 0.0741. The minimum Gasteiger partial charge on any atom is -0.328 e. The molecule has 0 radical (unpaired) electrons. The summed E-state index contributed by atoms with van der Waals surface area (Å²) in [5.41, 5.74) is 0.883. The first-order valence-electron chi connectivity index (χ1n) is 2.55. The summed E-state index contributed by atoms with van der Waals surface area (Å²) in [7, 11) is 0. The molecule has 48 valence electrons. The maximum absolute atomic E-state index is 10.7. The molecule has 0 aliphatic carbocycles. The van der Waals surface area contributed by atoms with E-state index in [1.165, 1.54) is 0 Å². The maximum atomic E-state index is 10.7. The lowest BCUT2D eigenvalue weighted by Crippen LogP contribution is -2.05. The van der Waals surface area contributed by atoms with Crippen LogP contribution in [-0.4, -0.2) is 4.98 Å². The third kappa shape index (κ3) is 1.21. The van der Waals surface area contributed by atoms with Gasteiger partial charge in [-0.2, -0.15) is 0 Å². The second kappa shape index (κ2) is 2.35. The van der Waals surface area contributed by atoms with Crippen LogP contribution in [-0.2, 0) is 0 Å². The molecule has 0 unspecified atom stereocenters. The average molecular weight is 188 g/mol. The number of aromatic nitrogens is 1. The molecule has 0 saturated carbocycles. The summed E-state index contributed by atoms with van der Waals surface area (Å²) in [5, 5.41) is 0. The second-order valence-corrected chi connectivity index (χ2v) is 2.60. The lowest BCUT2D eigenvalue weighted by atomic mass is 10.3. The number of hydrogen-bond acceptors (Lipinski definition) is 1. The van der Waals surface area contributed by atoms with Crippen LogP contribution in [0.4, 0.5) is 0 Å². The molecular formula is C6H6BrNO. The zero-order chi connectivity index (χ0) is 6.85. The molecule has 0 atom stereocenters. The van der Waals surface area contributed by atoms with Gasteiger partial charge in [0.2, 0.25) is 0 Å². The van der Waals surface area contributed by atoms with Crippen LogP contribution in [0, 0.1) is 6.92 Å². The van der Waals surface area contributed by atoms with E-state index in [9.17, 15) is 4.79 Å². The van der Waals surface area contributed by atoms with E-state index in [1.807, 2.05) is 13.0 Å². The molecule has 0 amide bonds. The zero-order valence-corrected chi connectivity index (χ0v) is 6.53. The molecule has 0 saturated heterocycles. The van der Waals surface area contributed by atoms with Gasteiger partial charge >= 0.3 is 0 Å². The summed E-state index contributed by atoms with van der Waals surface area (Å²) in [4.78, 5) is 13.3. The molecule has 9 heavy (non-hydrogen) atoms. The number of H-pyrrole nitrogens is 1. The maximum Gasteiger partial charge on any atom is 0.262 e. The topological polar surface area (TPSA) is 32.9 Å². The number of aryl methyl sites for hydroxylation is 1. The molecule has 0 bridgehead atoms. The molecule has 1 rings (SSSR count). The predicted octanol–water partition coefficient (Wildman–Crippen LogP) is 1.45. The summed E-state index contributed by atoms with van der Waals surface area (Å²) in [6, 6.07) is 1.84. The van der Waals surface area contributed by atoms with E-state index in [-0.39, 0.29) is 5.56 Å². The highest BCUT2D eigenvalue weighted by Crippen LogP contribution is 2.06. The van der Waals surface area contributed by atoms with Crippen LogP contribution in [0.3, 0.4) is 0 Å². The first-order chi connectivity index (χ1) is 4.22. The number of nitrogens with one attached hydrogen (secondary N) is 1. The number of pyridine rings is 1. The van der Waals surface area contributed by atoms with Gasteiger partial charge in [-0.05, 0) is 34.5 Å². The zero-order valence-electron chi connectivity index (χ0n) is 4.94. The van der Waals surface area contributed by atoms with Gasteiger partial charge in [-0.25, -0.2) is 0 Å². The average Bonchev–Trinajstić information content (AvgIpc) is 1.83. The summed E-state index contributed by atoms with van der Waals surface area (Å²) in [6.07, 6.45) is 1.63. The molecular weight excluding hydrogens is 182 g/mol. The monoisotopic (exact) mass is 187 g/mol. The van der Waals surface area contributed by atoms with Crippen molar-refractivity contribution in [2.45, 2.75) is 6.92 Å². The highest BCUT2D eigenvalue weighted by molar-refractivity contribution is 9.10. The number of halogens is 1. The van der Waals surface area contributed by atoms with Crippen molar-refractivity contribution in [2.24, 2.45) is 0 Å². The van der Waals surface area contributed by atoms with Crippen molar-refractivity contribution in [2.75, 3.05) is 0 Å². The standard InChI is InChI=1S/C6H6BrNO/c1-4-2-3-8-6(9)5(4)7/h2-3H,1H3,(H,8,9).